The number of carbonyl (C=O) groups is 2. The summed E-state index contributed by atoms with van der Waals surface area (Å²) in [4.78, 5) is 37.7. The fraction of sp³-hybridized carbons (Fsp3) is 0.750. The van der Waals surface area contributed by atoms with Gasteiger partial charge < -0.3 is 4.74 Å². The molecule has 0 radical (unpaired) electrons. The molecule has 0 spiro atoms. The minimum absolute atomic E-state index is 0.214. The summed E-state index contributed by atoms with van der Waals surface area (Å²) in [6.45, 7) is 4.05. The van der Waals surface area contributed by atoms with Crippen LogP contribution < -0.4 is 0 Å². The van der Waals surface area contributed by atoms with E-state index >= 15 is 0 Å². The van der Waals surface area contributed by atoms with Crippen molar-refractivity contribution in [1.29, 1.82) is 0 Å². The van der Waals surface area contributed by atoms with E-state index in [2.05, 4.69) is 34.4 Å². The monoisotopic (exact) mass is 254 g/mol. The second-order valence-electron chi connectivity index (χ2n) is 2.55. The Morgan fingerprint density at radius 1 is 0.824 bits per heavy atom. The summed E-state index contributed by atoms with van der Waals surface area (Å²) in [6, 6.07) is 0. The van der Waals surface area contributed by atoms with Gasteiger partial charge in [0.1, 0.15) is 0 Å². The summed E-state index contributed by atoms with van der Waals surface area (Å²) in [6.07, 6.45) is -1.62. The normalized spacial score (nSPS) is 9.76. The molecule has 0 heterocycles. The molecule has 0 aliphatic rings. The van der Waals surface area contributed by atoms with Gasteiger partial charge >= 0.3 is 12.3 Å². The maximum Gasteiger partial charge on any atom is 0.553 e. The molecule has 0 atom stereocenters. The summed E-state index contributed by atoms with van der Waals surface area (Å²) < 4.78 is 3.88. The van der Waals surface area contributed by atoms with E-state index in [0.29, 0.717) is 12.8 Å². The van der Waals surface area contributed by atoms with Gasteiger partial charge in [0.05, 0.1) is 13.2 Å². The van der Waals surface area contributed by atoms with Gasteiger partial charge in [-0.1, -0.05) is 13.8 Å². The molecule has 0 bridgehead atoms. The van der Waals surface area contributed by atoms with Crippen LogP contribution in [0.1, 0.15) is 26.7 Å². The number of ether oxygens (including phenoxy) is 1. The van der Waals surface area contributed by atoms with Gasteiger partial charge in [-0.2, -0.15) is 19.4 Å². The van der Waals surface area contributed by atoms with Crippen LogP contribution >= 0.6 is 0 Å². The average Bonchev–Trinajstić information content (AvgIpc) is 2.30. The first-order valence-corrected chi connectivity index (χ1v) is 4.88. The molecule has 0 amide bonds. The third-order valence-electron chi connectivity index (χ3n) is 1.04. The van der Waals surface area contributed by atoms with Crippen LogP contribution in [-0.2, 0) is 34.4 Å². The Labute approximate surface area is 97.1 Å². The van der Waals surface area contributed by atoms with E-state index in [4.69, 9.17) is 0 Å². The zero-order chi connectivity index (χ0) is 12.9. The Bertz CT molecular complexity index is 195. The maximum absolute atomic E-state index is 10.7. The number of carbonyl (C=O) groups excluding carboxylic acids is 2. The first kappa shape index (κ1) is 15.6. The van der Waals surface area contributed by atoms with Crippen molar-refractivity contribution in [2.45, 2.75) is 26.7 Å². The Morgan fingerprint density at radius 3 is 1.59 bits per heavy atom. The lowest BCUT2D eigenvalue weighted by atomic mass is 10.5. The Balaban J connectivity index is 3.42. The van der Waals surface area contributed by atoms with E-state index in [1.54, 1.807) is 0 Å². The first-order valence-electron chi connectivity index (χ1n) is 4.88. The van der Waals surface area contributed by atoms with Crippen LogP contribution in [-0.4, -0.2) is 25.5 Å². The molecular weight excluding hydrogens is 240 g/mol. The van der Waals surface area contributed by atoms with Crippen LogP contribution in [0.5, 0.6) is 0 Å². The molecule has 0 N–H and O–H groups in total. The van der Waals surface area contributed by atoms with Crippen molar-refractivity contribution in [3.8, 4) is 0 Å². The molecule has 0 rings (SSSR count). The molecule has 0 fully saturated rings. The van der Waals surface area contributed by atoms with E-state index in [9.17, 15) is 9.59 Å². The molecule has 9 nitrogen and oxygen atoms in total. The lowest BCUT2D eigenvalue weighted by molar-refractivity contribution is -0.493. The Hall–Kier alpha value is -1.42. The minimum Gasteiger partial charge on any atom is -0.323 e. The van der Waals surface area contributed by atoms with Crippen molar-refractivity contribution in [3.63, 3.8) is 0 Å². The van der Waals surface area contributed by atoms with Crippen molar-refractivity contribution in [3.05, 3.63) is 0 Å². The summed E-state index contributed by atoms with van der Waals surface area (Å²) in [7, 11) is 0. The van der Waals surface area contributed by atoms with E-state index in [-0.39, 0.29) is 13.2 Å². The highest BCUT2D eigenvalue weighted by atomic mass is 17.5. The lowest BCUT2D eigenvalue weighted by Crippen LogP contribution is -2.16. The number of rotatable bonds is 8. The fourth-order valence-corrected chi connectivity index (χ4v) is 0.440. The quantitative estimate of drug-likeness (QED) is 0.211. The topological polar surface area (TPSA) is 98.8 Å². The highest BCUT2D eigenvalue weighted by molar-refractivity contribution is 5.76. The molecule has 0 aliphatic heterocycles. The third kappa shape index (κ3) is 10.9. The average molecular weight is 254 g/mol. The van der Waals surface area contributed by atoms with Crippen molar-refractivity contribution in [2.75, 3.05) is 13.2 Å². The molecule has 9 heteroatoms. The van der Waals surface area contributed by atoms with E-state index in [1.807, 2.05) is 13.8 Å². The summed E-state index contributed by atoms with van der Waals surface area (Å²) >= 11 is 0. The van der Waals surface area contributed by atoms with Crippen molar-refractivity contribution in [2.24, 2.45) is 0 Å². The van der Waals surface area contributed by atoms with Crippen LogP contribution in [0.2, 0.25) is 0 Å². The second kappa shape index (κ2) is 11.1. The first-order chi connectivity index (χ1) is 8.20. The van der Waals surface area contributed by atoms with Crippen LogP contribution in [0, 0.1) is 0 Å². The van der Waals surface area contributed by atoms with Gasteiger partial charge in [-0.3, -0.25) is 0 Å². The largest absolute Gasteiger partial charge is 0.553 e. The van der Waals surface area contributed by atoms with E-state index < -0.39 is 12.3 Å². The van der Waals surface area contributed by atoms with Crippen LogP contribution in [0.15, 0.2) is 0 Å². The van der Waals surface area contributed by atoms with Crippen molar-refractivity contribution in [1.82, 2.24) is 0 Å². The maximum atomic E-state index is 10.7. The highest BCUT2D eigenvalue weighted by Crippen LogP contribution is 1.94. The van der Waals surface area contributed by atoms with Gasteiger partial charge in [0.15, 0.2) is 0 Å². The van der Waals surface area contributed by atoms with Gasteiger partial charge in [-0.25, -0.2) is 9.78 Å². The Morgan fingerprint density at radius 2 is 1.24 bits per heavy atom. The van der Waals surface area contributed by atoms with Crippen LogP contribution in [0.3, 0.4) is 0 Å². The molecule has 0 aliphatic carbocycles. The molecule has 100 valence electrons. The zero-order valence-corrected chi connectivity index (χ0v) is 9.50. The van der Waals surface area contributed by atoms with Crippen LogP contribution in [0.4, 0.5) is 9.59 Å². The lowest BCUT2D eigenvalue weighted by Gasteiger charge is -2.02. The molecule has 0 saturated heterocycles. The molecule has 0 saturated carbocycles. The molecule has 0 aromatic carbocycles. The summed E-state index contributed by atoms with van der Waals surface area (Å²) in [5, 5.41) is 7.85. The van der Waals surface area contributed by atoms with Gasteiger partial charge in [-0.15, -0.1) is 0 Å². The summed E-state index contributed by atoms with van der Waals surface area (Å²) in [5.41, 5.74) is 0. The SMILES string of the molecule is CCCOOOC(=O)OC(=O)OOOCCC. The van der Waals surface area contributed by atoms with Gasteiger partial charge in [0.25, 0.3) is 0 Å². The second-order valence-corrected chi connectivity index (χ2v) is 2.55. The van der Waals surface area contributed by atoms with Crippen LogP contribution in [0.25, 0.3) is 0 Å². The predicted octanol–water partition coefficient (Wildman–Crippen LogP) is 1.82. The van der Waals surface area contributed by atoms with Crippen molar-refractivity contribution < 1.29 is 44.0 Å². The fourth-order valence-electron chi connectivity index (χ4n) is 0.440. The minimum atomic E-state index is -1.47. The van der Waals surface area contributed by atoms with Gasteiger partial charge in [-0.05, 0) is 22.9 Å². The smallest absolute Gasteiger partial charge is 0.323 e. The Kier molecular flexibility index (Phi) is 10.2. The van der Waals surface area contributed by atoms with E-state index in [1.165, 1.54) is 0 Å². The molecule has 17 heavy (non-hydrogen) atoms. The molecule has 0 aromatic heterocycles. The van der Waals surface area contributed by atoms with Crippen molar-refractivity contribution >= 4 is 12.3 Å². The number of hydrogen-bond acceptors (Lipinski definition) is 9. The van der Waals surface area contributed by atoms with E-state index in [0.717, 1.165) is 0 Å². The predicted molar refractivity (Wildman–Crippen MR) is 48.7 cm³/mol. The standard InChI is InChI=1S/C8H14O9/c1-3-5-11-16-14-7(9)13-8(10)15-17-12-6-4-2/h3-6H2,1-2H3. The molecule has 0 aromatic rings. The molecule has 0 unspecified atom stereocenters. The van der Waals surface area contributed by atoms with Gasteiger partial charge in [0, 0.05) is 0 Å². The summed E-state index contributed by atoms with van der Waals surface area (Å²) in [5.74, 6) is 0. The molecular formula is C8H14O9. The van der Waals surface area contributed by atoms with Gasteiger partial charge in [0.2, 0.25) is 0 Å². The third-order valence-corrected chi connectivity index (χ3v) is 1.04. The zero-order valence-electron chi connectivity index (χ0n) is 9.50. The number of hydrogen-bond donors (Lipinski definition) is 0. The highest BCUT2D eigenvalue weighted by Gasteiger charge is 2.16.